The molecule has 0 aliphatic heterocycles. The molecule has 0 amide bonds. The highest BCUT2D eigenvalue weighted by Crippen LogP contribution is 2.22. The van der Waals surface area contributed by atoms with E-state index in [4.69, 9.17) is 4.74 Å². The summed E-state index contributed by atoms with van der Waals surface area (Å²) in [6.45, 7) is 2.81. The van der Waals surface area contributed by atoms with Crippen LogP contribution in [-0.4, -0.2) is 30.2 Å². The molecular formula is C18H23NO2. The van der Waals surface area contributed by atoms with Crippen molar-refractivity contribution >= 4 is 0 Å². The molecule has 1 N–H and O–H groups in total. The van der Waals surface area contributed by atoms with Gasteiger partial charge in [-0.1, -0.05) is 42.5 Å². The van der Waals surface area contributed by atoms with Gasteiger partial charge in [0.05, 0.1) is 13.2 Å². The van der Waals surface area contributed by atoms with Crippen LogP contribution in [-0.2, 0) is 6.54 Å². The van der Waals surface area contributed by atoms with E-state index in [1.165, 1.54) is 5.56 Å². The number of hydrogen-bond acceptors (Lipinski definition) is 3. The number of nitrogens with zero attached hydrogens (tertiary/aromatic N) is 1. The predicted octanol–water partition coefficient (Wildman–Crippen LogP) is 3.25. The van der Waals surface area contributed by atoms with E-state index < -0.39 is 6.10 Å². The Kier molecular flexibility index (Phi) is 5.37. The number of benzene rings is 2. The summed E-state index contributed by atoms with van der Waals surface area (Å²) in [6, 6.07) is 17.8. The van der Waals surface area contributed by atoms with Gasteiger partial charge in [-0.3, -0.25) is 4.90 Å². The SMILES string of the molecule is COc1cccc(CN(C)C(C)C(O)c2ccccc2)c1. The van der Waals surface area contributed by atoms with E-state index in [1.807, 2.05) is 62.5 Å². The first-order valence-electron chi connectivity index (χ1n) is 7.18. The molecule has 2 atom stereocenters. The van der Waals surface area contributed by atoms with Crippen LogP contribution in [0.3, 0.4) is 0 Å². The topological polar surface area (TPSA) is 32.7 Å². The Labute approximate surface area is 126 Å². The summed E-state index contributed by atoms with van der Waals surface area (Å²) in [6.07, 6.45) is -0.498. The molecular weight excluding hydrogens is 262 g/mol. The summed E-state index contributed by atoms with van der Waals surface area (Å²) < 4.78 is 5.25. The van der Waals surface area contributed by atoms with E-state index in [-0.39, 0.29) is 6.04 Å². The smallest absolute Gasteiger partial charge is 0.119 e. The fourth-order valence-electron chi connectivity index (χ4n) is 2.37. The predicted molar refractivity (Wildman–Crippen MR) is 85.3 cm³/mol. The van der Waals surface area contributed by atoms with Crippen molar-refractivity contribution in [3.8, 4) is 5.75 Å². The summed E-state index contributed by atoms with van der Waals surface area (Å²) >= 11 is 0. The number of likely N-dealkylation sites (N-methyl/N-ethyl adjacent to an activating group) is 1. The summed E-state index contributed by atoms with van der Waals surface area (Å²) in [5.74, 6) is 0.858. The average molecular weight is 285 g/mol. The highest BCUT2D eigenvalue weighted by Gasteiger charge is 2.20. The van der Waals surface area contributed by atoms with Gasteiger partial charge in [0.1, 0.15) is 5.75 Å². The Balaban J connectivity index is 2.03. The lowest BCUT2D eigenvalue weighted by Gasteiger charge is -2.29. The molecule has 3 nitrogen and oxygen atoms in total. The minimum atomic E-state index is -0.498. The normalized spacial score (nSPS) is 14.0. The van der Waals surface area contributed by atoms with Crippen LogP contribution in [0.4, 0.5) is 0 Å². The lowest BCUT2D eigenvalue weighted by molar-refractivity contribution is 0.0688. The van der Waals surface area contributed by atoms with Crippen LogP contribution in [0.5, 0.6) is 5.75 Å². The lowest BCUT2D eigenvalue weighted by Crippen LogP contribution is -2.33. The van der Waals surface area contributed by atoms with Gasteiger partial charge < -0.3 is 9.84 Å². The van der Waals surface area contributed by atoms with E-state index in [0.717, 1.165) is 17.9 Å². The molecule has 0 aliphatic carbocycles. The number of aliphatic hydroxyl groups excluding tert-OH is 1. The van der Waals surface area contributed by atoms with Gasteiger partial charge in [-0.2, -0.15) is 0 Å². The number of ether oxygens (including phenoxy) is 1. The zero-order valence-electron chi connectivity index (χ0n) is 12.9. The minimum absolute atomic E-state index is 0.0265. The molecule has 2 aromatic carbocycles. The molecule has 2 rings (SSSR count). The van der Waals surface area contributed by atoms with Crippen molar-refractivity contribution in [3.05, 3.63) is 65.7 Å². The second-order valence-electron chi connectivity index (χ2n) is 5.36. The molecule has 0 heterocycles. The maximum Gasteiger partial charge on any atom is 0.119 e. The van der Waals surface area contributed by atoms with Gasteiger partial charge in [-0.15, -0.1) is 0 Å². The van der Waals surface area contributed by atoms with Gasteiger partial charge in [0.2, 0.25) is 0 Å². The van der Waals surface area contributed by atoms with E-state index in [0.29, 0.717) is 0 Å². The fraction of sp³-hybridized carbons (Fsp3) is 0.333. The van der Waals surface area contributed by atoms with Crippen molar-refractivity contribution in [2.45, 2.75) is 25.6 Å². The van der Waals surface area contributed by atoms with Crippen molar-refractivity contribution in [3.63, 3.8) is 0 Å². The quantitative estimate of drug-likeness (QED) is 0.884. The molecule has 0 saturated carbocycles. The molecule has 3 heteroatoms. The van der Waals surface area contributed by atoms with Crippen LogP contribution in [0.2, 0.25) is 0 Å². The van der Waals surface area contributed by atoms with Crippen molar-refractivity contribution in [1.82, 2.24) is 4.90 Å². The molecule has 0 saturated heterocycles. The van der Waals surface area contributed by atoms with Gasteiger partial charge >= 0.3 is 0 Å². The number of methoxy groups -OCH3 is 1. The van der Waals surface area contributed by atoms with Gasteiger partial charge in [0.25, 0.3) is 0 Å². The largest absolute Gasteiger partial charge is 0.497 e. The summed E-state index contributed by atoms with van der Waals surface area (Å²) in [5, 5.41) is 10.5. The molecule has 0 aromatic heterocycles. The monoisotopic (exact) mass is 285 g/mol. The van der Waals surface area contributed by atoms with E-state index >= 15 is 0 Å². The van der Waals surface area contributed by atoms with Gasteiger partial charge in [-0.25, -0.2) is 0 Å². The lowest BCUT2D eigenvalue weighted by atomic mass is 10.0. The molecule has 2 aromatic rings. The fourth-order valence-corrected chi connectivity index (χ4v) is 2.37. The maximum absolute atomic E-state index is 10.5. The van der Waals surface area contributed by atoms with E-state index in [2.05, 4.69) is 11.0 Å². The standard InChI is InChI=1S/C18H23NO2/c1-14(18(20)16-9-5-4-6-10-16)19(2)13-15-8-7-11-17(12-15)21-3/h4-12,14,18,20H,13H2,1-3H3. The summed E-state index contributed by atoms with van der Waals surface area (Å²) in [5.41, 5.74) is 2.12. The third-order valence-electron chi connectivity index (χ3n) is 3.86. The van der Waals surface area contributed by atoms with Crippen molar-refractivity contribution in [1.29, 1.82) is 0 Å². The number of aliphatic hydroxyl groups is 1. The number of hydrogen-bond donors (Lipinski definition) is 1. The molecule has 2 unspecified atom stereocenters. The van der Waals surface area contributed by atoms with Gasteiger partial charge in [0, 0.05) is 12.6 Å². The second-order valence-corrected chi connectivity index (χ2v) is 5.36. The average Bonchev–Trinajstić information content (AvgIpc) is 2.54. The maximum atomic E-state index is 10.5. The van der Waals surface area contributed by atoms with Crippen molar-refractivity contribution in [2.75, 3.05) is 14.2 Å². The highest BCUT2D eigenvalue weighted by molar-refractivity contribution is 5.28. The molecule has 0 spiro atoms. The Morgan fingerprint density at radius 3 is 2.48 bits per heavy atom. The Bertz CT molecular complexity index is 556. The second kappa shape index (κ2) is 7.25. The van der Waals surface area contributed by atoms with Crippen LogP contribution in [0.1, 0.15) is 24.2 Å². The first-order valence-corrected chi connectivity index (χ1v) is 7.18. The third kappa shape index (κ3) is 4.06. The van der Waals surface area contributed by atoms with Crippen LogP contribution in [0.25, 0.3) is 0 Å². The first-order chi connectivity index (χ1) is 10.1. The van der Waals surface area contributed by atoms with Crippen molar-refractivity contribution < 1.29 is 9.84 Å². The van der Waals surface area contributed by atoms with Gasteiger partial charge in [-0.05, 0) is 37.2 Å². The molecule has 0 fully saturated rings. The van der Waals surface area contributed by atoms with Crippen LogP contribution in [0.15, 0.2) is 54.6 Å². The van der Waals surface area contributed by atoms with Crippen LogP contribution < -0.4 is 4.74 Å². The Hall–Kier alpha value is -1.84. The molecule has 0 radical (unpaired) electrons. The summed E-state index contributed by atoms with van der Waals surface area (Å²) in [7, 11) is 3.70. The molecule has 0 aliphatic rings. The zero-order valence-corrected chi connectivity index (χ0v) is 12.9. The van der Waals surface area contributed by atoms with Gasteiger partial charge in [0.15, 0.2) is 0 Å². The minimum Gasteiger partial charge on any atom is -0.497 e. The third-order valence-corrected chi connectivity index (χ3v) is 3.86. The number of rotatable bonds is 6. The Morgan fingerprint density at radius 2 is 1.81 bits per heavy atom. The zero-order chi connectivity index (χ0) is 15.2. The van der Waals surface area contributed by atoms with E-state index in [9.17, 15) is 5.11 Å². The first kappa shape index (κ1) is 15.5. The molecule has 21 heavy (non-hydrogen) atoms. The van der Waals surface area contributed by atoms with E-state index in [1.54, 1.807) is 7.11 Å². The molecule has 112 valence electrons. The van der Waals surface area contributed by atoms with Crippen molar-refractivity contribution in [2.24, 2.45) is 0 Å². The molecule has 0 bridgehead atoms. The van der Waals surface area contributed by atoms with Crippen LogP contribution in [0, 0.1) is 0 Å². The Morgan fingerprint density at radius 1 is 1.10 bits per heavy atom. The highest BCUT2D eigenvalue weighted by atomic mass is 16.5. The van der Waals surface area contributed by atoms with Crippen LogP contribution >= 0.6 is 0 Å². The summed E-state index contributed by atoms with van der Waals surface area (Å²) in [4.78, 5) is 2.15.